The van der Waals surface area contributed by atoms with Gasteiger partial charge >= 0.3 is 0 Å². The minimum absolute atomic E-state index is 0.329. The van der Waals surface area contributed by atoms with Crippen molar-refractivity contribution in [2.75, 3.05) is 5.32 Å². The van der Waals surface area contributed by atoms with Gasteiger partial charge in [0.05, 0.1) is 35.2 Å². The predicted molar refractivity (Wildman–Crippen MR) is 119 cm³/mol. The SMILES string of the molecule is CC.Cc1cn2c(-c3cn[nH]c3)cnc2c(Nc2cc(Cc3ncccc3F)ns2)n1. The van der Waals surface area contributed by atoms with E-state index in [4.69, 9.17) is 0 Å². The van der Waals surface area contributed by atoms with Gasteiger partial charge in [0.25, 0.3) is 0 Å². The summed E-state index contributed by atoms with van der Waals surface area (Å²) in [6, 6.07) is 4.85. The number of hydrogen-bond acceptors (Lipinski definition) is 7. The van der Waals surface area contributed by atoms with Gasteiger partial charge in [-0.3, -0.25) is 14.5 Å². The lowest BCUT2D eigenvalue weighted by molar-refractivity contribution is 0.603. The Morgan fingerprint density at radius 2 is 2.10 bits per heavy atom. The largest absolute Gasteiger partial charge is 0.328 e. The molecular weight excluding hydrogens is 415 g/mol. The van der Waals surface area contributed by atoms with Crippen molar-refractivity contribution in [1.29, 1.82) is 0 Å². The van der Waals surface area contributed by atoms with Crippen molar-refractivity contribution >= 4 is 28.0 Å². The number of fused-ring (bicyclic) bond motifs is 1. The van der Waals surface area contributed by atoms with Gasteiger partial charge in [0, 0.05) is 30.6 Å². The second kappa shape index (κ2) is 9.00. The van der Waals surface area contributed by atoms with E-state index in [1.54, 1.807) is 24.7 Å². The summed E-state index contributed by atoms with van der Waals surface area (Å²) in [5, 5.41) is 10.9. The van der Waals surface area contributed by atoms with Gasteiger partial charge in [-0.25, -0.2) is 14.4 Å². The molecule has 2 N–H and O–H groups in total. The maximum atomic E-state index is 13.8. The van der Waals surface area contributed by atoms with Crippen LogP contribution >= 0.6 is 11.5 Å². The summed E-state index contributed by atoms with van der Waals surface area (Å²) in [5.41, 5.74) is 4.49. The fraction of sp³-hybridized carbons (Fsp3) is 0.190. The van der Waals surface area contributed by atoms with E-state index >= 15 is 0 Å². The molecule has 5 aromatic rings. The van der Waals surface area contributed by atoms with Crippen molar-refractivity contribution in [3.8, 4) is 11.3 Å². The molecule has 0 unspecified atom stereocenters. The van der Waals surface area contributed by atoms with Gasteiger partial charge in [-0.1, -0.05) is 13.8 Å². The number of anilines is 2. The van der Waals surface area contributed by atoms with E-state index in [1.165, 1.54) is 17.6 Å². The molecule has 10 heteroatoms. The Hall–Kier alpha value is -3.66. The summed E-state index contributed by atoms with van der Waals surface area (Å²) < 4.78 is 20.2. The summed E-state index contributed by atoms with van der Waals surface area (Å²) in [6.07, 6.45) is 9.19. The lowest BCUT2D eigenvalue weighted by Gasteiger charge is -2.07. The Morgan fingerprint density at radius 1 is 1.23 bits per heavy atom. The molecule has 0 amide bonds. The van der Waals surface area contributed by atoms with Gasteiger partial charge in [0.1, 0.15) is 10.8 Å². The highest BCUT2D eigenvalue weighted by atomic mass is 32.1. The maximum Gasteiger partial charge on any atom is 0.180 e. The molecule has 0 saturated heterocycles. The summed E-state index contributed by atoms with van der Waals surface area (Å²) in [6.45, 7) is 5.92. The van der Waals surface area contributed by atoms with Crippen LogP contribution in [0.2, 0.25) is 0 Å². The van der Waals surface area contributed by atoms with Crippen LogP contribution in [0.4, 0.5) is 15.2 Å². The number of nitrogens with zero attached hydrogens (tertiary/aromatic N) is 6. The van der Waals surface area contributed by atoms with Crippen molar-refractivity contribution in [3.63, 3.8) is 0 Å². The van der Waals surface area contributed by atoms with E-state index < -0.39 is 0 Å². The van der Waals surface area contributed by atoms with Gasteiger partial charge in [-0.15, -0.1) is 0 Å². The number of rotatable bonds is 5. The summed E-state index contributed by atoms with van der Waals surface area (Å²) in [7, 11) is 0. The van der Waals surface area contributed by atoms with Crippen molar-refractivity contribution in [1.82, 2.24) is 33.9 Å². The molecule has 0 fully saturated rings. The number of hydrogen-bond donors (Lipinski definition) is 2. The van der Waals surface area contributed by atoms with E-state index in [2.05, 4.69) is 34.8 Å². The Morgan fingerprint density at radius 3 is 2.87 bits per heavy atom. The molecule has 0 aliphatic rings. The van der Waals surface area contributed by atoms with Crippen molar-refractivity contribution in [3.05, 3.63) is 72.1 Å². The average Bonchev–Trinajstić information content (AvgIpc) is 3.52. The average molecular weight is 437 g/mol. The first kappa shape index (κ1) is 20.6. The number of nitrogens with one attached hydrogen (secondary N) is 2. The van der Waals surface area contributed by atoms with Crippen molar-refractivity contribution < 1.29 is 4.39 Å². The van der Waals surface area contributed by atoms with E-state index in [-0.39, 0.29) is 5.82 Å². The van der Waals surface area contributed by atoms with Crippen molar-refractivity contribution in [2.24, 2.45) is 0 Å². The van der Waals surface area contributed by atoms with E-state index in [1.807, 2.05) is 43.6 Å². The van der Waals surface area contributed by atoms with E-state index in [0.29, 0.717) is 23.6 Å². The van der Waals surface area contributed by atoms with Crippen LogP contribution in [0.15, 0.2) is 49.2 Å². The van der Waals surface area contributed by atoms with E-state index in [9.17, 15) is 4.39 Å². The highest BCUT2D eigenvalue weighted by Crippen LogP contribution is 2.27. The molecule has 0 saturated carbocycles. The van der Waals surface area contributed by atoms with Crippen LogP contribution in [0, 0.1) is 12.7 Å². The minimum Gasteiger partial charge on any atom is -0.328 e. The second-order valence-corrected chi connectivity index (χ2v) is 7.28. The number of pyridine rings is 1. The van der Waals surface area contributed by atoms with Crippen LogP contribution in [0.1, 0.15) is 30.9 Å². The zero-order valence-electron chi connectivity index (χ0n) is 17.3. The Bertz CT molecular complexity index is 1290. The van der Waals surface area contributed by atoms with Gasteiger partial charge in [0.15, 0.2) is 11.5 Å². The number of aromatic nitrogens is 7. The Kier molecular flexibility index (Phi) is 5.99. The van der Waals surface area contributed by atoms with Crippen LogP contribution in [0.5, 0.6) is 0 Å². The normalized spacial score (nSPS) is 10.7. The molecule has 8 nitrogen and oxygen atoms in total. The molecule has 0 spiro atoms. The molecule has 31 heavy (non-hydrogen) atoms. The zero-order valence-corrected chi connectivity index (χ0v) is 18.1. The molecule has 0 radical (unpaired) electrons. The molecule has 0 bridgehead atoms. The fourth-order valence-corrected chi connectivity index (χ4v) is 3.75. The maximum absolute atomic E-state index is 13.8. The van der Waals surface area contributed by atoms with Crippen LogP contribution in [-0.4, -0.2) is 33.9 Å². The van der Waals surface area contributed by atoms with Crippen molar-refractivity contribution in [2.45, 2.75) is 27.2 Å². The third-order valence-electron chi connectivity index (χ3n) is 4.39. The van der Waals surface area contributed by atoms with Gasteiger partial charge < -0.3 is 5.32 Å². The van der Waals surface area contributed by atoms with Crippen LogP contribution in [-0.2, 0) is 6.42 Å². The zero-order chi connectivity index (χ0) is 21.8. The first-order valence-corrected chi connectivity index (χ1v) is 10.6. The van der Waals surface area contributed by atoms with Crippen LogP contribution in [0.3, 0.4) is 0 Å². The molecular formula is C21H21FN8S. The van der Waals surface area contributed by atoms with Gasteiger partial charge in [-0.2, -0.15) is 9.47 Å². The molecule has 5 rings (SSSR count). The third-order valence-corrected chi connectivity index (χ3v) is 5.13. The first-order chi connectivity index (χ1) is 15.2. The summed E-state index contributed by atoms with van der Waals surface area (Å²) >= 11 is 1.29. The molecule has 0 aromatic carbocycles. The number of aryl methyl sites for hydroxylation is 1. The molecule has 0 aliphatic heterocycles. The molecule has 5 heterocycles. The number of imidazole rings is 1. The Labute approximate surface area is 182 Å². The standard InChI is InChI=1S/C19H15FN8S.C2H6/c1-11-10-28-16(12-7-23-24-8-12)9-22-19(28)18(25-11)26-17-6-13(27-29-17)5-15-14(20)3-2-4-21-15;1-2/h2-4,6-10H,5H2,1H3,(H,23,24)(H,25,26);1-2H3. The summed E-state index contributed by atoms with van der Waals surface area (Å²) in [4.78, 5) is 13.2. The topological polar surface area (TPSA) is 96.7 Å². The number of halogens is 1. The lowest BCUT2D eigenvalue weighted by Crippen LogP contribution is -2.00. The lowest BCUT2D eigenvalue weighted by atomic mass is 10.2. The molecule has 5 aromatic heterocycles. The highest BCUT2D eigenvalue weighted by Gasteiger charge is 2.14. The molecule has 0 atom stereocenters. The first-order valence-electron chi connectivity index (χ1n) is 9.83. The predicted octanol–water partition coefficient (Wildman–Crippen LogP) is 4.78. The summed E-state index contributed by atoms with van der Waals surface area (Å²) in [5.74, 6) is 0.292. The number of H-pyrrole nitrogens is 1. The molecule has 158 valence electrons. The monoisotopic (exact) mass is 436 g/mol. The van der Waals surface area contributed by atoms with Crippen LogP contribution < -0.4 is 5.32 Å². The highest BCUT2D eigenvalue weighted by molar-refractivity contribution is 7.10. The Balaban J connectivity index is 0.00000112. The smallest absolute Gasteiger partial charge is 0.180 e. The second-order valence-electron chi connectivity index (χ2n) is 6.47. The quantitative estimate of drug-likeness (QED) is 0.412. The molecule has 0 aliphatic carbocycles. The van der Waals surface area contributed by atoms with Gasteiger partial charge in [0.2, 0.25) is 0 Å². The minimum atomic E-state index is -0.332. The van der Waals surface area contributed by atoms with Gasteiger partial charge in [-0.05, 0) is 36.7 Å². The van der Waals surface area contributed by atoms with E-state index in [0.717, 1.165) is 27.6 Å². The number of aromatic amines is 1. The third kappa shape index (κ3) is 4.29. The van der Waals surface area contributed by atoms with Crippen LogP contribution in [0.25, 0.3) is 16.9 Å². The fourth-order valence-electron chi connectivity index (χ4n) is 3.09.